The molecule has 2 N–H and O–H groups in total. The van der Waals surface area contributed by atoms with Crippen LogP contribution in [0, 0.1) is 27.7 Å². The first-order valence-electron chi connectivity index (χ1n) is 10.9. The number of hydrogen-bond donors (Lipinski definition) is 2. The zero-order valence-corrected chi connectivity index (χ0v) is 22.1. The molecule has 2 heterocycles. The van der Waals surface area contributed by atoms with E-state index >= 15 is 0 Å². The summed E-state index contributed by atoms with van der Waals surface area (Å²) >= 11 is 8.22. The average molecular weight is 625 g/mol. The van der Waals surface area contributed by atoms with Crippen molar-refractivity contribution in [2.75, 3.05) is 5.32 Å². The van der Waals surface area contributed by atoms with Crippen LogP contribution in [0.2, 0.25) is 5.02 Å². The number of nitrogens with one attached hydrogen (secondary N) is 2. The average Bonchev–Trinajstić information content (AvgIpc) is 3.60. The van der Waals surface area contributed by atoms with Crippen LogP contribution in [0.3, 0.4) is 0 Å². The predicted molar refractivity (Wildman–Crippen MR) is 137 cm³/mol. The van der Waals surface area contributed by atoms with Crippen molar-refractivity contribution < 1.29 is 18.4 Å². The Kier molecular flexibility index (Phi) is 7.28. The van der Waals surface area contributed by atoms with Crippen LogP contribution in [0.15, 0.2) is 36.5 Å². The third-order valence-electron chi connectivity index (χ3n) is 5.91. The first-order chi connectivity index (χ1) is 17.0. The summed E-state index contributed by atoms with van der Waals surface area (Å²) in [4.78, 5) is 30.7. The third kappa shape index (κ3) is 5.19. The number of aryl methyl sites for hydroxylation is 1. The maximum absolute atomic E-state index is 13.5. The van der Waals surface area contributed by atoms with E-state index in [9.17, 15) is 23.6 Å². The van der Waals surface area contributed by atoms with Gasteiger partial charge in [0.25, 0.3) is 18.2 Å². The van der Waals surface area contributed by atoms with Crippen molar-refractivity contribution in [3.05, 3.63) is 67.6 Å². The van der Waals surface area contributed by atoms with Gasteiger partial charge < -0.3 is 10.6 Å². The Morgan fingerprint density at radius 3 is 2.64 bits per heavy atom. The van der Waals surface area contributed by atoms with Gasteiger partial charge in [-0.1, -0.05) is 11.6 Å². The van der Waals surface area contributed by atoms with Crippen molar-refractivity contribution in [2.45, 2.75) is 38.7 Å². The molecule has 12 heteroatoms. The van der Waals surface area contributed by atoms with Crippen molar-refractivity contribution >= 4 is 51.7 Å². The number of benzene rings is 1. The van der Waals surface area contributed by atoms with E-state index in [1.54, 1.807) is 32.0 Å². The number of pyridine rings is 1. The van der Waals surface area contributed by atoms with Crippen LogP contribution in [0.4, 0.5) is 14.5 Å². The summed E-state index contributed by atoms with van der Waals surface area (Å²) in [5, 5.41) is 19.0. The molecule has 1 unspecified atom stereocenters. The molecule has 0 aliphatic heterocycles. The number of hydrogen-bond acceptors (Lipinski definition) is 5. The molecular weight excluding hydrogens is 605 g/mol. The highest BCUT2D eigenvalue weighted by atomic mass is 127. The lowest BCUT2D eigenvalue weighted by Gasteiger charge is -2.24. The van der Waals surface area contributed by atoms with Crippen molar-refractivity contribution in [2.24, 2.45) is 5.92 Å². The number of nitrogens with zero attached hydrogens (tertiary/aromatic N) is 4. The Labute approximate surface area is 224 Å². The van der Waals surface area contributed by atoms with Crippen LogP contribution < -0.4 is 10.6 Å². The summed E-state index contributed by atoms with van der Waals surface area (Å²) in [6.07, 6.45) is 0.134. The SMILES string of the molecule is Cc1cc(I)cc(C(=O)NC(C)(C#N)C2CC2)c1NC(=O)c1cc(C(F)F)nn1-c1ncccc1Cl. The van der Waals surface area contributed by atoms with Crippen molar-refractivity contribution in [1.29, 1.82) is 5.26 Å². The number of carbonyl (C=O) groups excluding carboxylic acids is 2. The zero-order chi connectivity index (χ0) is 26.2. The number of nitriles is 1. The zero-order valence-electron chi connectivity index (χ0n) is 19.2. The van der Waals surface area contributed by atoms with Gasteiger partial charge in [-0.05, 0) is 91.1 Å². The number of carbonyl (C=O) groups is 2. The molecule has 0 bridgehead atoms. The molecule has 1 fully saturated rings. The molecule has 1 atom stereocenters. The number of anilines is 1. The lowest BCUT2D eigenvalue weighted by molar-refractivity contribution is 0.0918. The fourth-order valence-corrected chi connectivity index (χ4v) is 4.79. The van der Waals surface area contributed by atoms with Crippen LogP contribution in [0.5, 0.6) is 0 Å². The molecule has 0 radical (unpaired) electrons. The summed E-state index contributed by atoms with van der Waals surface area (Å²) in [7, 11) is 0. The molecule has 1 aromatic carbocycles. The monoisotopic (exact) mass is 624 g/mol. The Morgan fingerprint density at radius 1 is 1.31 bits per heavy atom. The summed E-state index contributed by atoms with van der Waals surface area (Å²) in [5.74, 6) is -1.27. The topological polar surface area (TPSA) is 113 Å². The Hall–Kier alpha value is -3.11. The normalized spacial score (nSPS) is 14.7. The predicted octanol–water partition coefficient (Wildman–Crippen LogP) is 5.45. The fourth-order valence-electron chi connectivity index (χ4n) is 3.81. The van der Waals surface area contributed by atoms with Gasteiger partial charge in [0.1, 0.15) is 16.9 Å². The highest BCUT2D eigenvalue weighted by Crippen LogP contribution is 2.39. The number of rotatable bonds is 7. The molecule has 2 aromatic heterocycles. The van der Waals surface area contributed by atoms with Gasteiger partial charge in [0, 0.05) is 9.77 Å². The molecule has 36 heavy (non-hydrogen) atoms. The second-order valence-electron chi connectivity index (χ2n) is 8.62. The molecule has 2 amide bonds. The van der Waals surface area contributed by atoms with Crippen molar-refractivity contribution in [3.63, 3.8) is 0 Å². The Bertz CT molecular complexity index is 1400. The van der Waals surface area contributed by atoms with Gasteiger partial charge in [-0.2, -0.15) is 10.4 Å². The second-order valence-corrected chi connectivity index (χ2v) is 10.3. The van der Waals surface area contributed by atoms with Crippen LogP contribution in [-0.4, -0.2) is 32.1 Å². The van der Waals surface area contributed by atoms with Gasteiger partial charge in [0.15, 0.2) is 5.82 Å². The van der Waals surface area contributed by atoms with Gasteiger partial charge in [0.2, 0.25) is 0 Å². The lowest BCUT2D eigenvalue weighted by Crippen LogP contribution is -2.47. The van der Waals surface area contributed by atoms with Gasteiger partial charge >= 0.3 is 0 Å². The van der Waals surface area contributed by atoms with E-state index in [0.29, 0.717) is 5.56 Å². The van der Waals surface area contributed by atoms with E-state index in [1.807, 2.05) is 22.6 Å². The van der Waals surface area contributed by atoms with Crippen molar-refractivity contribution in [1.82, 2.24) is 20.1 Å². The van der Waals surface area contributed by atoms with Crippen LogP contribution in [-0.2, 0) is 0 Å². The largest absolute Gasteiger partial charge is 0.334 e. The number of amides is 2. The summed E-state index contributed by atoms with van der Waals surface area (Å²) in [5.41, 5.74) is -1.02. The molecule has 1 aliphatic carbocycles. The lowest BCUT2D eigenvalue weighted by atomic mass is 9.96. The van der Waals surface area contributed by atoms with E-state index < -0.39 is 29.5 Å². The summed E-state index contributed by atoms with van der Waals surface area (Å²) in [6, 6.07) is 9.52. The molecule has 8 nitrogen and oxygen atoms in total. The molecule has 0 spiro atoms. The van der Waals surface area contributed by atoms with E-state index in [0.717, 1.165) is 27.2 Å². The highest BCUT2D eigenvalue weighted by molar-refractivity contribution is 14.1. The molecule has 1 saturated carbocycles. The van der Waals surface area contributed by atoms with Crippen molar-refractivity contribution in [3.8, 4) is 11.9 Å². The minimum Gasteiger partial charge on any atom is -0.334 e. The molecule has 0 saturated heterocycles. The van der Waals surface area contributed by atoms with E-state index in [-0.39, 0.29) is 33.7 Å². The standard InChI is InChI=1S/C24H20ClF2IN6O2/c1-12-8-14(28)9-15(22(35)32-24(2,11-29)13-5-6-13)19(12)31-23(36)18-10-17(20(26)27)33-34(18)21-16(25)4-3-7-30-21/h3-4,7-10,13,20H,5-6H2,1-2H3,(H,31,36)(H,32,35). The smallest absolute Gasteiger partial charge is 0.282 e. The van der Waals surface area contributed by atoms with Gasteiger partial charge in [-0.25, -0.2) is 18.4 Å². The second kappa shape index (κ2) is 10.1. The highest BCUT2D eigenvalue weighted by Gasteiger charge is 2.43. The third-order valence-corrected chi connectivity index (χ3v) is 6.82. The van der Waals surface area contributed by atoms with E-state index in [2.05, 4.69) is 26.8 Å². The summed E-state index contributed by atoms with van der Waals surface area (Å²) in [6.45, 7) is 3.37. The molecule has 1 aliphatic rings. The minimum atomic E-state index is -2.94. The summed E-state index contributed by atoms with van der Waals surface area (Å²) < 4.78 is 28.6. The maximum Gasteiger partial charge on any atom is 0.282 e. The number of alkyl halides is 2. The molecule has 3 aromatic rings. The number of aromatic nitrogens is 3. The quantitative estimate of drug-likeness (QED) is 0.340. The van der Waals surface area contributed by atoms with E-state index in [1.165, 1.54) is 12.3 Å². The minimum absolute atomic E-state index is 0.00253. The Morgan fingerprint density at radius 2 is 2.03 bits per heavy atom. The maximum atomic E-state index is 13.5. The van der Waals surface area contributed by atoms with Crippen LogP contribution >= 0.6 is 34.2 Å². The molecular formula is C24H20ClF2IN6O2. The van der Waals surface area contributed by atoms with E-state index in [4.69, 9.17) is 11.6 Å². The van der Waals surface area contributed by atoms with Gasteiger partial charge in [0.05, 0.1) is 22.3 Å². The fraction of sp³-hybridized carbons (Fsp3) is 0.292. The molecule has 186 valence electrons. The van der Waals surface area contributed by atoms with Crippen LogP contribution in [0.1, 0.15) is 58.3 Å². The van der Waals surface area contributed by atoms with Gasteiger partial charge in [-0.3, -0.25) is 9.59 Å². The first-order valence-corrected chi connectivity index (χ1v) is 12.3. The Balaban J connectivity index is 1.73. The molecule has 4 rings (SSSR count). The van der Waals surface area contributed by atoms with Gasteiger partial charge in [-0.15, -0.1) is 0 Å². The first kappa shape index (κ1) is 26.0. The number of halogens is 4. The van der Waals surface area contributed by atoms with Crippen LogP contribution in [0.25, 0.3) is 5.82 Å².